The average Bonchev–Trinajstić information content (AvgIpc) is 3.58. The highest BCUT2D eigenvalue weighted by molar-refractivity contribution is 6.10. The first-order valence-corrected chi connectivity index (χ1v) is 17.7. The third-order valence-electron chi connectivity index (χ3n) is 10.0. The van der Waals surface area contributed by atoms with Crippen LogP contribution in [0.5, 0.6) is 0 Å². The van der Waals surface area contributed by atoms with E-state index in [1.165, 1.54) is 16.3 Å². The zero-order valence-electron chi connectivity index (χ0n) is 28.6. The molecule has 0 fully saturated rings. The minimum Gasteiger partial charge on any atom is -0.309 e. The Kier molecular flexibility index (Phi) is 7.40. The molecule has 5 nitrogen and oxygen atoms in total. The van der Waals surface area contributed by atoms with Gasteiger partial charge in [-0.15, -0.1) is 0 Å². The van der Waals surface area contributed by atoms with Crippen LogP contribution in [-0.2, 0) is 0 Å². The summed E-state index contributed by atoms with van der Waals surface area (Å²) in [6.07, 6.45) is 9.33. The van der Waals surface area contributed by atoms with Crippen LogP contribution in [0.4, 0.5) is 0 Å². The summed E-state index contributed by atoms with van der Waals surface area (Å²) in [5.74, 6) is 0. The maximum absolute atomic E-state index is 5.24. The number of para-hydroxylation sites is 1. The lowest BCUT2D eigenvalue weighted by Gasteiger charge is -2.12. The number of hydrogen-bond acceptors (Lipinski definition) is 4. The van der Waals surface area contributed by atoms with Crippen molar-refractivity contribution in [3.63, 3.8) is 0 Å². The third-order valence-corrected chi connectivity index (χ3v) is 10.0. The molecule has 0 aliphatic rings. The van der Waals surface area contributed by atoms with Crippen molar-refractivity contribution >= 4 is 32.6 Å². The zero-order chi connectivity index (χ0) is 35.1. The smallest absolute Gasteiger partial charge is 0.0716 e. The van der Waals surface area contributed by atoms with Gasteiger partial charge in [-0.1, -0.05) is 78.9 Å². The lowest BCUT2D eigenvalue weighted by molar-refractivity contribution is 1.17. The first kappa shape index (κ1) is 30.6. The first-order valence-electron chi connectivity index (χ1n) is 17.7. The normalized spacial score (nSPS) is 11.4. The predicted octanol–water partition coefficient (Wildman–Crippen LogP) is 11.9. The summed E-state index contributed by atoms with van der Waals surface area (Å²) in [6.45, 7) is 0. The summed E-state index contributed by atoms with van der Waals surface area (Å²) in [6, 6.07) is 55.6. The molecule has 53 heavy (non-hydrogen) atoms. The first-order chi connectivity index (χ1) is 26.2. The summed E-state index contributed by atoms with van der Waals surface area (Å²) in [7, 11) is 0. The molecule has 0 bridgehead atoms. The fourth-order valence-corrected chi connectivity index (χ4v) is 7.37. The van der Waals surface area contributed by atoms with Gasteiger partial charge in [0.2, 0.25) is 0 Å². The Morgan fingerprint density at radius 2 is 0.981 bits per heavy atom. The lowest BCUT2D eigenvalue weighted by atomic mass is 9.97. The Morgan fingerprint density at radius 3 is 1.77 bits per heavy atom. The van der Waals surface area contributed by atoms with E-state index in [2.05, 4.69) is 147 Å². The van der Waals surface area contributed by atoms with Gasteiger partial charge in [0.1, 0.15) is 0 Å². The maximum Gasteiger partial charge on any atom is 0.0716 e. The standard InChI is InChI=1S/C48H31N5/c1-2-6-41(7-3-1)53-47-18-17-38(28-42(47)43-31-50-25-21-48(43)53)32-9-11-34(12-10-32)45-29-40(44-8-4-5-22-51-44)30-46(52-45)39-16-15-36-26-35(13-14-37(36)27-39)33-19-23-49-24-20-33/h1-31H. The summed E-state index contributed by atoms with van der Waals surface area (Å²) in [5.41, 5.74) is 13.9. The largest absolute Gasteiger partial charge is 0.309 e. The summed E-state index contributed by atoms with van der Waals surface area (Å²) >= 11 is 0. The van der Waals surface area contributed by atoms with Gasteiger partial charge < -0.3 is 4.57 Å². The number of hydrogen-bond donors (Lipinski definition) is 0. The molecule has 248 valence electrons. The molecular weight excluding hydrogens is 647 g/mol. The number of rotatable bonds is 6. The van der Waals surface area contributed by atoms with Gasteiger partial charge in [-0.3, -0.25) is 15.0 Å². The quantitative estimate of drug-likeness (QED) is 0.176. The molecular formula is C48H31N5. The fourth-order valence-electron chi connectivity index (χ4n) is 7.37. The summed E-state index contributed by atoms with van der Waals surface area (Å²) in [4.78, 5) is 18.6. The van der Waals surface area contributed by atoms with Gasteiger partial charge in [0.05, 0.1) is 28.1 Å². The molecule has 0 N–H and O–H groups in total. The fraction of sp³-hybridized carbons (Fsp3) is 0. The lowest BCUT2D eigenvalue weighted by Crippen LogP contribution is -1.93. The van der Waals surface area contributed by atoms with E-state index < -0.39 is 0 Å². The van der Waals surface area contributed by atoms with Crippen LogP contribution in [0.15, 0.2) is 189 Å². The van der Waals surface area contributed by atoms with E-state index in [4.69, 9.17) is 4.98 Å². The van der Waals surface area contributed by atoms with Crippen molar-refractivity contribution in [2.45, 2.75) is 0 Å². The second-order valence-corrected chi connectivity index (χ2v) is 13.2. The van der Waals surface area contributed by atoms with E-state index in [-0.39, 0.29) is 0 Å². The van der Waals surface area contributed by atoms with Crippen LogP contribution in [0.25, 0.3) is 94.3 Å². The van der Waals surface area contributed by atoms with Crippen molar-refractivity contribution in [3.05, 3.63) is 189 Å². The molecule has 0 aliphatic carbocycles. The Hall–Kier alpha value is -7.24. The molecule has 10 aromatic rings. The molecule has 0 radical (unpaired) electrons. The second-order valence-electron chi connectivity index (χ2n) is 13.2. The molecule has 0 amide bonds. The SMILES string of the molecule is c1ccc(-n2c3ccncc3c3cc(-c4ccc(-c5cc(-c6ccccn6)cc(-c6ccc7cc(-c8ccncc8)ccc7c6)n5)cc4)ccc32)cc1. The molecule has 0 atom stereocenters. The molecule has 0 saturated carbocycles. The predicted molar refractivity (Wildman–Crippen MR) is 217 cm³/mol. The highest BCUT2D eigenvalue weighted by Crippen LogP contribution is 2.36. The maximum atomic E-state index is 5.24. The molecule has 0 aliphatic heterocycles. The third kappa shape index (κ3) is 5.61. The zero-order valence-corrected chi connectivity index (χ0v) is 28.6. The topological polar surface area (TPSA) is 56.5 Å². The van der Waals surface area contributed by atoms with Crippen LogP contribution >= 0.6 is 0 Å². The van der Waals surface area contributed by atoms with Crippen molar-refractivity contribution in [2.24, 2.45) is 0 Å². The van der Waals surface area contributed by atoms with Crippen molar-refractivity contribution in [1.29, 1.82) is 0 Å². The Morgan fingerprint density at radius 1 is 0.358 bits per heavy atom. The van der Waals surface area contributed by atoms with Gasteiger partial charge in [-0.2, -0.15) is 0 Å². The highest BCUT2D eigenvalue weighted by Gasteiger charge is 2.15. The minimum absolute atomic E-state index is 0.898. The van der Waals surface area contributed by atoms with Gasteiger partial charge in [0.25, 0.3) is 0 Å². The molecule has 5 heterocycles. The van der Waals surface area contributed by atoms with Crippen molar-refractivity contribution in [2.75, 3.05) is 0 Å². The van der Waals surface area contributed by atoms with Crippen LogP contribution in [0.3, 0.4) is 0 Å². The molecule has 5 aromatic carbocycles. The molecule has 0 unspecified atom stereocenters. The van der Waals surface area contributed by atoms with E-state index >= 15 is 0 Å². The Labute approximate surface area is 306 Å². The van der Waals surface area contributed by atoms with Gasteiger partial charge >= 0.3 is 0 Å². The number of fused-ring (bicyclic) bond motifs is 4. The Balaban J connectivity index is 1.03. The van der Waals surface area contributed by atoms with E-state index in [0.717, 1.165) is 78.0 Å². The Bertz CT molecular complexity index is 2920. The van der Waals surface area contributed by atoms with E-state index in [1.807, 2.05) is 61.3 Å². The van der Waals surface area contributed by atoms with E-state index in [0.29, 0.717) is 0 Å². The van der Waals surface area contributed by atoms with Crippen molar-refractivity contribution in [3.8, 4) is 61.7 Å². The number of benzene rings is 5. The van der Waals surface area contributed by atoms with E-state index in [1.54, 1.807) is 0 Å². The number of pyridine rings is 4. The van der Waals surface area contributed by atoms with Gasteiger partial charge in [-0.25, -0.2) is 4.98 Å². The van der Waals surface area contributed by atoms with Crippen LogP contribution < -0.4 is 0 Å². The molecule has 0 saturated heterocycles. The van der Waals surface area contributed by atoms with Gasteiger partial charge in [0, 0.05) is 64.1 Å². The monoisotopic (exact) mass is 677 g/mol. The minimum atomic E-state index is 0.898. The van der Waals surface area contributed by atoms with Crippen molar-refractivity contribution in [1.82, 2.24) is 24.5 Å². The van der Waals surface area contributed by atoms with E-state index in [9.17, 15) is 0 Å². The van der Waals surface area contributed by atoms with Crippen LogP contribution in [-0.4, -0.2) is 24.5 Å². The van der Waals surface area contributed by atoms with Crippen LogP contribution in [0.1, 0.15) is 0 Å². The number of aromatic nitrogens is 5. The molecule has 0 spiro atoms. The summed E-state index contributed by atoms with van der Waals surface area (Å²) < 4.78 is 2.31. The summed E-state index contributed by atoms with van der Waals surface area (Å²) in [5, 5.41) is 4.65. The highest BCUT2D eigenvalue weighted by atomic mass is 15.0. The van der Waals surface area contributed by atoms with Gasteiger partial charge in [-0.05, 0) is 112 Å². The van der Waals surface area contributed by atoms with Gasteiger partial charge in [0.15, 0.2) is 0 Å². The number of nitrogens with zero attached hydrogens (tertiary/aromatic N) is 5. The second kappa shape index (κ2) is 12.8. The van der Waals surface area contributed by atoms with Crippen LogP contribution in [0, 0.1) is 0 Å². The molecule has 5 aromatic heterocycles. The van der Waals surface area contributed by atoms with Crippen LogP contribution in [0.2, 0.25) is 0 Å². The average molecular weight is 678 g/mol. The van der Waals surface area contributed by atoms with Crippen molar-refractivity contribution < 1.29 is 0 Å². The molecule has 10 rings (SSSR count). The molecule has 5 heteroatoms.